The van der Waals surface area contributed by atoms with E-state index in [1.165, 1.54) is 5.56 Å². The second-order valence-electron chi connectivity index (χ2n) is 5.54. The molecule has 0 spiro atoms. The molecule has 1 heterocycles. The van der Waals surface area contributed by atoms with Gasteiger partial charge in [0.1, 0.15) is 12.4 Å². The first kappa shape index (κ1) is 15.3. The lowest BCUT2D eigenvalue weighted by Gasteiger charge is -2.35. The van der Waals surface area contributed by atoms with E-state index in [0.717, 1.165) is 38.5 Å². The van der Waals surface area contributed by atoms with E-state index >= 15 is 0 Å². The summed E-state index contributed by atoms with van der Waals surface area (Å²) in [7, 11) is 1.95. The predicted octanol–water partition coefficient (Wildman–Crippen LogP) is 1.89. The summed E-state index contributed by atoms with van der Waals surface area (Å²) in [6.07, 6.45) is 0.638. The zero-order valence-electron chi connectivity index (χ0n) is 12.8. The number of rotatable bonds is 6. The molecule has 1 aliphatic heterocycles. The largest absolute Gasteiger partial charge is 0.492 e. The van der Waals surface area contributed by atoms with E-state index in [-0.39, 0.29) is 0 Å². The average molecular weight is 278 g/mol. The van der Waals surface area contributed by atoms with Crippen LogP contribution >= 0.6 is 0 Å². The van der Waals surface area contributed by atoms with Crippen molar-refractivity contribution in [3.8, 4) is 5.75 Å². The number of benzene rings is 1. The molecule has 1 aromatic carbocycles. The van der Waals surface area contributed by atoms with E-state index in [2.05, 4.69) is 36.2 Å². The summed E-state index contributed by atoms with van der Waals surface area (Å²) < 4.78 is 11.5. The van der Waals surface area contributed by atoms with Gasteiger partial charge >= 0.3 is 0 Å². The van der Waals surface area contributed by atoms with Crippen LogP contribution in [0.2, 0.25) is 0 Å². The maximum absolute atomic E-state index is 5.81. The quantitative estimate of drug-likeness (QED) is 0.861. The number of hydrogen-bond acceptors (Lipinski definition) is 4. The normalized spacial score (nSPS) is 23.8. The van der Waals surface area contributed by atoms with Gasteiger partial charge in [-0.05, 0) is 38.6 Å². The third kappa shape index (κ3) is 4.78. The summed E-state index contributed by atoms with van der Waals surface area (Å²) in [6, 6.07) is 8.28. The molecule has 4 nitrogen and oxygen atoms in total. The standard InChI is InChI=1S/C16H26N2O2/c1-13-11-18(12-14(2)20-13)8-9-19-16-6-4-15(5-7-16)10-17-3/h4-7,13-14,17H,8-12H2,1-3H3. The van der Waals surface area contributed by atoms with Crippen molar-refractivity contribution in [2.24, 2.45) is 0 Å². The summed E-state index contributed by atoms with van der Waals surface area (Å²) in [5.41, 5.74) is 1.27. The fourth-order valence-electron chi connectivity index (χ4n) is 2.67. The molecule has 20 heavy (non-hydrogen) atoms. The molecule has 1 saturated heterocycles. The van der Waals surface area contributed by atoms with Crippen molar-refractivity contribution < 1.29 is 9.47 Å². The van der Waals surface area contributed by atoms with Gasteiger partial charge in [-0.15, -0.1) is 0 Å². The first-order chi connectivity index (χ1) is 9.67. The van der Waals surface area contributed by atoms with Crippen LogP contribution < -0.4 is 10.1 Å². The van der Waals surface area contributed by atoms with Crippen molar-refractivity contribution in [3.05, 3.63) is 29.8 Å². The van der Waals surface area contributed by atoms with Crippen molar-refractivity contribution in [2.45, 2.75) is 32.6 Å². The molecule has 0 amide bonds. The fraction of sp³-hybridized carbons (Fsp3) is 0.625. The molecule has 2 rings (SSSR count). The summed E-state index contributed by atoms with van der Waals surface area (Å²) in [5.74, 6) is 0.944. The maximum Gasteiger partial charge on any atom is 0.119 e. The Bertz CT molecular complexity index is 384. The topological polar surface area (TPSA) is 33.7 Å². The number of nitrogens with zero attached hydrogens (tertiary/aromatic N) is 1. The van der Waals surface area contributed by atoms with Gasteiger partial charge in [-0.3, -0.25) is 4.90 Å². The van der Waals surface area contributed by atoms with Gasteiger partial charge in [-0.2, -0.15) is 0 Å². The third-order valence-electron chi connectivity index (χ3n) is 3.48. The highest BCUT2D eigenvalue weighted by Crippen LogP contribution is 2.13. The molecule has 0 aliphatic carbocycles. The number of ether oxygens (including phenoxy) is 2. The Hall–Kier alpha value is -1.10. The van der Waals surface area contributed by atoms with Crippen molar-refractivity contribution >= 4 is 0 Å². The summed E-state index contributed by atoms with van der Waals surface area (Å²) >= 11 is 0. The van der Waals surface area contributed by atoms with Crippen molar-refractivity contribution in [3.63, 3.8) is 0 Å². The SMILES string of the molecule is CNCc1ccc(OCCN2CC(C)OC(C)C2)cc1. The average Bonchev–Trinajstić information content (AvgIpc) is 2.40. The molecule has 0 radical (unpaired) electrons. The third-order valence-corrected chi connectivity index (χ3v) is 3.48. The lowest BCUT2D eigenvalue weighted by atomic mass is 10.2. The van der Waals surface area contributed by atoms with E-state index in [0.29, 0.717) is 12.2 Å². The lowest BCUT2D eigenvalue weighted by molar-refractivity contribution is -0.0699. The molecule has 2 unspecified atom stereocenters. The Labute approximate surface area is 122 Å². The molecular formula is C16H26N2O2. The van der Waals surface area contributed by atoms with Gasteiger partial charge in [-0.25, -0.2) is 0 Å². The molecule has 0 bridgehead atoms. The molecule has 1 aromatic rings. The smallest absolute Gasteiger partial charge is 0.119 e. The number of nitrogens with one attached hydrogen (secondary N) is 1. The number of morpholine rings is 1. The van der Waals surface area contributed by atoms with Crippen LogP contribution in [0, 0.1) is 0 Å². The molecule has 0 aromatic heterocycles. The molecule has 1 N–H and O–H groups in total. The predicted molar refractivity (Wildman–Crippen MR) is 81.1 cm³/mol. The summed E-state index contributed by atoms with van der Waals surface area (Å²) in [5, 5.41) is 3.14. The molecule has 2 atom stereocenters. The highest BCUT2D eigenvalue weighted by Gasteiger charge is 2.21. The Balaban J connectivity index is 1.72. The zero-order chi connectivity index (χ0) is 14.4. The van der Waals surface area contributed by atoms with Gasteiger partial charge < -0.3 is 14.8 Å². The van der Waals surface area contributed by atoms with Crippen molar-refractivity contribution in [1.82, 2.24) is 10.2 Å². The molecule has 1 aliphatic rings. The minimum absolute atomic E-state index is 0.319. The number of hydrogen-bond donors (Lipinski definition) is 1. The molecular weight excluding hydrogens is 252 g/mol. The first-order valence-electron chi connectivity index (χ1n) is 7.41. The second kappa shape index (κ2) is 7.62. The highest BCUT2D eigenvalue weighted by molar-refractivity contribution is 5.27. The van der Waals surface area contributed by atoms with Crippen molar-refractivity contribution in [2.75, 3.05) is 33.3 Å². The second-order valence-corrected chi connectivity index (χ2v) is 5.54. The minimum atomic E-state index is 0.319. The van der Waals surface area contributed by atoms with Crippen LogP contribution in [0.3, 0.4) is 0 Å². The van der Waals surface area contributed by atoms with Crippen molar-refractivity contribution in [1.29, 1.82) is 0 Å². The van der Waals surface area contributed by atoms with Gasteiger partial charge in [-0.1, -0.05) is 12.1 Å². The molecule has 1 fully saturated rings. The summed E-state index contributed by atoms with van der Waals surface area (Å²) in [4.78, 5) is 2.41. The van der Waals surface area contributed by atoms with Gasteiger partial charge in [0, 0.05) is 26.2 Å². The van der Waals surface area contributed by atoms with E-state index in [4.69, 9.17) is 9.47 Å². The van der Waals surface area contributed by atoms with Crippen LogP contribution in [0.5, 0.6) is 5.75 Å². The summed E-state index contributed by atoms with van der Waals surface area (Å²) in [6.45, 7) is 8.82. The van der Waals surface area contributed by atoms with Gasteiger partial charge in [0.2, 0.25) is 0 Å². The molecule has 112 valence electrons. The van der Waals surface area contributed by atoms with E-state index < -0.39 is 0 Å². The van der Waals surface area contributed by atoms with Crippen LogP contribution in [-0.2, 0) is 11.3 Å². The van der Waals surface area contributed by atoms with E-state index in [9.17, 15) is 0 Å². The highest BCUT2D eigenvalue weighted by atomic mass is 16.5. The minimum Gasteiger partial charge on any atom is -0.492 e. The van der Waals surface area contributed by atoms with Crippen LogP contribution in [0.15, 0.2) is 24.3 Å². The Morgan fingerprint density at radius 2 is 1.85 bits per heavy atom. The van der Waals surface area contributed by atoms with Crippen LogP contribution in [0.4, 0.5) is 0 Å². The van der Waals surface area contributed by atoms with Gasteiger partial charge in [0.05, 0.1) is 12.2 Å². The fourth-order valence-corrected chi connectivity index (χ4v) is 2.67. The Morgan fingerprint density at radius 3 is 2.45 bits per heavy atom. The van der Waals surface area contributed by atoms with Crippen LogP contribution in [0.1, 0.15) is 19.4 Å². The van der Waals surface area contributed by atoms with Gasteiger partial charge in [0.15, 0.2) is 0 Å². The molecule has 4 heteroatoms. The van der Waals surface area contributed by atoms with Crippen LogP contribution in [-0.4, -0.2) is 50.4 Å². The zero-order valence-corrected chi connectivity index (χ0v) is 12.8. The first-order valence-corrected chi connectivity index (χ1v) is 7.41. The van der Waals surface area contributed by atoms with E-state index in [1.807, 2.05) is 19.2 Å². The maximum atomic E-state index is 5.81. The molecule has 0 saturated carbocycles. The van der Waals surface area contributed by atoms with Gasteiger partial charge in [0.25, 0.3) is 0 Å². The Kier molecular flexibility index (Phi) is 5.83. The lowest BCUT2D eigenvalue weighted by Crippen LogP contribution is -2.46. The monoisotopic (exact) mass is 278 g/mol. The Morgan fingerprint density at radius 1 is 1.20 bits per heavy atom. The van der Waals surface area contributed by atoms with E-state index in [1.54, 1.807) is 0 Å². The van der Waals surface area contributed by atoms with Crippen LogP contribution in [0.25, 0.3) is 0 Å².